The van der Waals surface area contributed by atoms with E-state index in [4.69, 9.17) is 27.1 Å². The molecule has 0 aliphatic carbocycles. The molecule has 30 aliphatic heterocycles. The Labute approximate surface area is 477 Å². The molecule has 30 aliphatic rings. The lowest BCUT2D eigenvalue weighted by molar-refractivity contribution is 0.386. The van der Waals surface area contributed by atoms with E-state index in [1.54, 1.807) is 0 Å². The van der Waals surface area contributed by atoms with E-state index in [-0.39, 0.29) is 32.5 Å². The smallest absolute Gasteiger partial charge is 0.409 e. The predicted molar refractivity (Wildman–Crippen MR) is 328 cm³/mol. The van der Waals surface area contributed by atoms with E-state index in [9.17, 15) is 0 Å². The van der Waals surface area contributed by atoms with Gasteiger partial charge in [-0.05, 0) is 140 Å². The van der Waals surface area contributed by atoms with Crippen LogP contribution in [-0.4, -0.2) is 0 Å². The van der Waals surface area contributed by atoms with Gasteiger partial charge in [0, 0.05) is 32.5 Å². The van der Waals surface area contributed by atoms with Crippen molar-refractivity contribution in [3.63, 3.8) is 0 Å². The maximum Gasteiger partial charge on any atom is 0.530 e. The van der Waals surface area contributed by atoms with E-state index in [2.05, 4.69) is 229 Å². The lowest BCUT2D eigenvalue weighted by atomic mass is 9.74. The van der Waals surface area contributed by atoms with Gasteiger partial charge in [0.15, 0.2) is 0 Å². The van der Waals surface area contributed by atoms with Gasteiger partial charge in [-0.3, -0.25) is 0 Å². The number of rotatable bonds is 0. The van der Waals surface area contributed by atoms with Crippen molar-refractivity contribution >= 4 is 17.2 Å². The highest BCUT2D eigenvalue weighted by molar-refractivity contribution is 7.43. The Morgan fingerprint density at radius 2 is 0.250 bits per heavy atom. The van der Waals surface area contributed by atoms with E-state index in [0.717, 1.165) is 33.4 Å². The van der Waals surface area contributed by atoms with Crippen molar-refractivity contribution in [2.45, 2.75) is 116 Å². The fourth-order valence-corrected chi connectivity index (χ4v) is 13.1. The topological polar surface area (TPSA) is 55.4 Å². The minimum atomic E-state index is -1.96. The van der Waals surface area contributed by atoms with Crippen LogP contribution in [0.25, 0.3) is 0 Å². The van der Waals surface area contributed by atoms with Crippen molar-refractivity contribution in [3.05, 3.63) is 285 Å². The molecule has 0 unspecified atom stereocenters. The highest BCUT2D eigenvalue weighted by atomic mass is 31.2. The summed E-state index contributed by atoms with van der Waals surface area (Å²) in [5.74, 6) is 3.91. The van der Waals surface area contributed by atoms with Gasteiger partial charge in [-0.2, -0.15) is 0 Å². The second kappa shape index (κ2) is 20.9. The minimum absolute atomic E-state index is 0.305. The van der Waals surface area contributed by atoms with Crippen molar-refractivity contribution in [2.75, 3.05) is 0 Å². The number of hydrogen-bond donors (Lipinski definition) is 0. The summed E-state index contributed by atoms with van der Waals surface area (Å²) in [5, 5.41) is 0. The molecular formula is C72H72O6P2. The lowest BCUT2D eigenvalue weighted by Gasteiger charge is -2.30. The Balaban J connectivity index is 1.03. The zero-order chi connectivity index (χ0) is 56.2. The van der Waals surface area contributed by atoms with Gasteiger partial charge >= 0.3 is 17.2 Å². The molecule has 0 spiro atoms. The van der Waals surface area contributed by atoms with Gasteiger partial charge in [-0.25, -0.2) is 0 Å². The zero-order valence-electron chi connectivity index (χ0n) is 48.1. The molecule has 20 bridgehead atoms. The molecule has 0 radical (unpaired) electrons. The molecule has 0 amide bonds. The summed E-state index contributed by atoms with van der Waals surface area (Å²) < 4.78 is 40.2. The monoisotopic (exact) mass is 1090 g/mol. The van der Waals surface area contributed by atoms with Crippen LogP contribution >= 0.6 is 17.2 Å². The molecule has 8 heteroatoms. The van der Waals surface area contributed by atoms with Gasteiger partial charge in [-0.1, -0.05) is 229 Å². The third-order valence-electron chi connectivity index (χ3n) is 17.5. The van der Waals surface area contributed by atoms with E-state index < -0.39 is 17.2 Å². The van der Waals surface area contributed by atoms with E-state index in [1.165, 1.54) is 33.4 Å². The fourth-order valence-electron chi connectivity index (χ4n) is 11.1. The molecule has 6 nitrogen and oxygen atoms in total. The average molecular weight is 1100 g/mol. The Bertz CT molecular complexity index is 2960. The average Bonchev–Trinajstić information content (AvgIpc) is 3.46. The van der Waals surface area contributed by atoms with Crippen molar-refractivity contribution in [2.24, 2.45) is 0 Å². The molecule has 39 rings (SSSR count). The molecule has 30 heterocycles. The van der Waals surface area contributed by atoms with Gasteiger partial charge in [0.1, 0.15) is 34.5 Å². The molecule has 0 saturated heterocycles. The van der Waals surface area contributed by atoms with Crippen LogP contribution in [0.4, 0.5) is 0 Å². The first-order valence-electron chi connectivity index (χ1n) is 27.7. The molecule has 0 aromatic heterocycles. The largest absolute Gasteiger partial charge is 0.530 e. The van der Waals surface area contributed by atoms with E-state index >= 15 is 0 Å². The summed E-state index contributed by atoms with van der Waals surface area (Å²) >= 11 is 0. The van der Waals surface area contributed by atoms with Crippen LogP contribution in [-0.2, 0) is 32.5 Å². The van der Waals surface area contributed by atoms with Gasteiger partial charge < -0.3 is 27.1 Å². The van der Waals surface area contributed by atoms with Crippen LogP contribution in [0.5, 0.6) is 34.5 Å². The Kier molecular flexibility index (Phi) is 14.3. The van der Waals surface area contributed by atoms with E-state index in [0.29, 0.717) is 34.5 Å². The summed E-state index contributed by atoms with van der Waals surface area (Å²) in [6.45, 7) is 27.1. The first kappa shape index (κ1) is 54.6. The SMILES string of the molecule is CC1(C)c2ccc(cc2)OP2Oc3ccc(cc3)C(C)(C)c3ccc(cc3)C(C)(C)c3ccc(cc3)OP(Oc3ccc(cc3)C(C)(C)c3ccc1cc3)Oc1ccc(cc1)C(C)(C)c1ccc(cc1)C(C)(C)c1ccc(cc1)O2. The summed E-state index contributed by atoms with van der Waals surface area (Å²) in [7, 11) is -3.92. The molecule has 9 aromatic rings. The van der Waals surface area contributed by atoms with Crippen molar-refractivity contribution < 1.29 is 27.1 Å². The standard InChI is InChI=1S/C72H72O6P2/c1-67(2)49-13-15-50(16-14-49)68(3,4)56-27-39-64(40-28-56)76-80-77-65-45-33-59(34-46-65)71(9,10)53-21-17-51(18-22-53)69(5,6)57-29-41-62(42-30-57)74-79(73-61-37-25-55(67)26-38-61)75-63-43-31-58(32-44-63)70(7,8)52-19-23-54(24-20-52)72(11,12)60-35-47-66(78-80)48-36-60/h13-48H,1-12H3. The Hall–Kier alpha value is -7.36. The molecular weight excluding hydrogens is 1020 g/mol. The molecule has 406 valence electrons. The van der Waals surface area contributed by atoms with Crippen molar-refractivity contribution in [3.8, 4) is 34.5 Å². The maximum absolute atomic E-state index is 6.70. The van der Waals surface area contributed by atoms with Crippen molar-refractivity contribution in [1.82, 2.24) is 0 Å². The van der Waals surface area contributed by atoms with Gasteiger partial charge in [0.05, 0.1) is 0 Å². The third-order valence-corrected chi connectivity index (χ3v) is 19.7. The quantitative estimate of drug-likeness (QED) is 0.141. The summed E-state index contributed by atoms with van der Waals surface area (Å²) in [6.07, 6.45) is 0. The van der Waals surface area contributed by atoms with Gasteiger partial charge in [0.2, 0.25) is 0 Å². The maximum atomic E-state index is 6.70. The first-order chi connectivity index (χ1) is 38.1. The normalized spacial score (nSPS) is 19.2. The molecule has 80 heavy (non-hydrogen) atoms. The third kappa shape index (κ3) is 10.7. The molecule has 0 fully saturated rings. The highest BCUT2D eigenvalue weighted by Crippen LogP contribution is 2.48. The van der Waals surface area contributed by atoms with Gasteiger partial charge in [-0.15, -0.1) is 0 Å². The number of hydrogen-bond acceptors (Lipinski definition) is 6. The molecule has 0 N–H and O–H groups in total. The van der Waals surface area contributed by atoms with Crippen LogP contribution < -0.4 is 27.1 Å². The molecule has 9 aromatic carbocycles. The van der Waals surface area contributed by atoms with Crippen LogP contribution in [0.3, 0.4) is 0 Å². The summed E-state index contributed by atoms with van der Waals surface area (Å²) in [4.78, 5) is 0. The van der Waals surface area contributed by atoms with Gasteiger partial charge in [0.25, 0.3) is 0 Å². The second-order valence-corrected chi connectivity index (χ2v) is 26.6. The first-order valence-corrected chi connectivity index (χ1v) is 29.9. The second-order valence-electron chi connectivity index (χ2n) is 24.6. The lowest BCUT2D eigenvalue weighted by Crippen LogP contribution is -2.21. The van der Waals surface area contributed by atoms with Crippen LogP contribution in [0.1, 0.15) is 150 Å². The fraction of sp³-hybridized carbons (Fsp3) is 0.250. The summed E-state index contributed by atoms with van der Waals surface area (Å²) in [5.41, 5.74) is 12.3. The number of benzene rings is 9. The highest BCUT2D eigenvalue weighted by Gasteiger charge is 2.32. The Morgan fingerprint density at radius 3 is 0.350 bits per heavy atom. The molecule has 0 atom stereocenters. The summed E-state index contributed by atoms with van der Waals surface area (Å²) in [6, 6.07) is 77.0. The van der Waals surface area contributed by atoms with Crippen molar-refractivity contribution in [1.29, 1.82) is 0 Å². The van der Waals surface area contributed by atoms with Crippen LogP contribution in [0, 0.1) is 0 Å². The predicted octanol–water partition coefficient (Wildman–Crippen LogP) is 19.8. The molecule has 0 saturated carbocycles. The zero-order valence-corrected chi connectivity index (χ0v) is 49.9. The minimum Gasteiger partial charge on any atom is -0.409 e. The van der Waals surface area contributed by atoms with Crippen LogP contribution in [0.2, 0.25) is 0 Å². The van der Waals surface area contributed by atoms with E-state index in [1.807, 2.05) is 72.8 Å². The Morgan fingerprint density at radius 1 is 0.163 bits per heavy atom. The van der Waals surface area contributed by atoms with Crippen LogP contribution in [0.15, 0.2) is 218 Å².